The van der Waals surface area contributed by atoms with E-state index in [1.54, 1.807) is 76.2 Å². The SMILES string of the molecule is COCC(=O)N1C=C(c2ccc(OC)c(OC)c2)N([C@@H](Cc2ccccc2)C(O)(NC(C)=O)C(=O)OC(C)C)C(=O)C1C(C)C. The molecule has 0 aromatic heterocycles. The monoisotopic (exact) mass is 625 g/mol. The van der Waals surface area contributed by atoms with Crippen LogP contribution in [0.1, 0.15) is 45.7 Å². The Morgan fingerprint density at radius 2 is 1.62 bits per heavy atom. The lowest BCUT2D eigenvalue weighted by molar-refractivity contribution is -0.185. The molecule has 3 rings (SSSR count). The van der Waals surface area contributed by atoms with Gasteiger partial charge in [0.15, 0.2) is 11.5 Å². The highest BCUT2D eigenvalue weighted by atomic mass is 16.6. The topological polar surface area (TPSA) is 144 Å². The van der Waals surface area contributed by atoms with E-state index in [0.717, 1.165) is 6.92 Å². The molecule has 3 atom stereocenters. The van der Waals surface area contributed by atoms with Crippen molar-refractivity contribution >= 4 is 29.4 Å². The first kappa shape index (κ1) is 35.1. The smallest absolute Gasteiger partial charge is 0.362 e. The Bertz CT molecular complexity index is 1410. The number of esters is 1. The molecule has 12 heteroatoms. The van der Waals surface area contributed by atoms with Gasteiger partial charge in [-0.3, -0.25) is 19.3 Å². The fourth-order valence-corrected chi connectivity index (χ4v) is 5.32. The summed E-state index contributed by atoms with van der Waals surface area (Å²) in [4.78, 5) is 57.0. The van der Waals surface area contributed by atoms with Crippen LogP contribution in [-0.2, 0) is 35.1 Å². The molecule has 2 aromatic rings. The highest BCUT2D eigenvalue weighted by Crippen LogP contribution is 2.39. The summed E-state index contributed by atoms with van der Waals surface area (Å²) in [7, 11) is 4.32. The number of aliphatic hydroxyl groups is 1. The Balaban J connectivity index is 2.42. The average molecular weight is 626 g/mol. The third kappa shape index (κ3) is 7.81. The van der Waals surface area contributed by atoms with Crippen LogP contribution in [-0.4, -0.2) is 90.4 Å². The number of nitrogens with zero attached hydrogens (tertiary/aromatic N) is 2. The number of ether oxygens (including phenoxy) is 4. The molecule has 244 valence electrons. The first-order chi connectivity index (χ1) is 21.3. The summed E-state index contributed by atoms with van der Waals surface area (Å²) in [6, 6.07) is 11.3. The maximum absolute atomic E-state index is 14.8. The number of carbonyl (C=O) groups excluding carboxylic acids is 4. The number of rotatable bonds is 13. The molecular weight excluding hydrogens is 582 g/mol. The second-order valence-electron chi connectivity index (χ2n) is 11.3. The van der Waals surface area contributed by atoms with E-state index in [4.69, 9.17) is 18.9 Å². The molecule has 0 saturated carbocycles. The van der Waals surface area contributed by atoms with Crippen molar-refractivity contribution in [3.8, 4) is 11.5 Å². The molecule has 2 N–H and O–H groups in total. The van der Waals surface area contributed by atoms with E-state index in [-0.39, 0.29) is 18.7 Å². The lowest BCUT2D eigenvalue weighted by Crippen LogP contribution is -2.70. The Morgan fingerprint density at radius 3 is 2.16 bits per heavy atom. The molecule has 2 aromatic carbocycles. The van der Waals surface area contributed by atoms with Gasteiger partial charge in [0.1, 0.15) is 18.7 Å². The number of methoxy groups -OCH3 is 3. The Morgan fingerprint density at radius 1 is 0.978 bits per heavy atom. The van der Waals surface area contributed by atoms with E-state index in [1.165, 1.54) is 37.3 Å². The zero-order valence-corrected chi connectivity index (χ0v) is 27.0. The van der Waals surface area contributed by atoms with Gasteiger partial charge in [0.2, 0.25) is 5.91 Å². The molecule has 0 spiro atoms. The highest BCUT2D eigenvalue weighted by Gasteiger charge is 2.54. The predicted molar refractivity (Wildman–Crippen MR) is 166 cm³/mol. The lowest BCUT2D eigenvalue weighted by Gasteiger charge is -2.48. The zero-order valence-electron chi connectivity index (χ0n) is 27.0. The minimum atomic E-state index is -2.71. The Hall–Kier alpha value is -4.42. The third-order valence-electron chi connectivity index (χ3n) is 7.26. The highest BCUT2D eigenvalue weighted by molar-refractivity contribution is 5.99. The number of nitrogens with one attached hydrogen (secondary N) is 1. The minimum absolute atomic E-state index is 0.0853. The van der Waals surface area contributed by atoms with E-state index >= 15 is 0 Å². The summed E-state index contributed by atoms with van der Waals surface area (Å²) in [6.45, 7) is 7.62. The van der Waals surface area contributed by atoms with Crippen LogP contribution in [0, 0.1) is 5.92 Å². The van der Waals surface area contributed by atoms with Gasteiger partial charge < -0.3 is 34.3 Å². The lowest BCUT2D eigenvalue weighted by atomic mass is 9.89. The van der Waals surface area contributed by atoms with Gasteiger partial charge in [-0.2, -0.15) is 0 Å². The molecule has 12 nitrogen and oxygen atoms in total. The van der Waals surface area contributed by atoms with Crippen LogP contribution in [0.5, 0.6) is 11.5 Å². The molecule has 2 unspecified atom stereocenters. The van der Waals surface area contributed by atoms with Crippen LogP contribution < -0.4 is 14.8 Å². The second-order valence-corrected chi connectivity index (χ2v) is 11.3. The molecule has 0 radical (unpaired) electrons. The van der Waals surface area contributed by atoms with Crippen LogP contribution in [0.2, 0.25) is 0 Å². The second kappa shape index (κ2) is 15.0. The van der Waals surface area contributed by atoms with Crippen LogP contribution in [0.3, 0.4) is 0 Å². The van der Waals surface area contributed by atoms with Crippen molar-refractivity contribution in [1.82, 2.24) is 15.1 Å². The van der Waals surface area contributed by atoms with Gasteiger partial charge in [-0.05, 0) is 49.9 Å². The summed E-state index contributed by atoms with van der Waals surface area (Å²) < 4.78 is 21.5. The van der Waals surface area contributed by atoms with Crippen LogP contribution in [0.15, 0.2) is 54.7 Å². The Kier molecular flexibility index (Phi) is 11.7. The van der Waals surface area contributed by atoms with E-state index in [0.29, 0.717) is 22.6 Å². The minimum Gasteiger partial charge on any atom is -0.493 e. The van der Waals surface area contributed by atoms with Gasteiger partial charge in [0, 0.05) is 25.8 Å². The predicted octanol–water partition coefficient (Wildman–Crippen LogP) is 2.73. The summed E-state index contributed by atoms with van der Waals surface area (Å²) >= 11 is 0. The van der Waals surface area contributed by atoms with Crippen molar-refractivity contribution in [2.24, 2.45) is 5.92 Å². The van der Waals surface area contributed by atoms with Crippen LogP contribution >= 0.6 is 0 Å². The number of benzene rings is 2. The third-order valence-corrected chi connectivity index (χ3v) is 7.26. The van der Waals surface area contributed by atoms with Crippen molar-refractivity contribution in [3.05, 3.63) is 65.9 Å². The quantitative estimate of drug-likeness (QED) is 0.254. The van der Waals surface area contributed by atoms with E-state index < -0.39 is 53.5 Å². The number of amides is 3. The molecule has 3 amide bonds. The van der Waals surface area contributed by atoms with E-state index in [9.17, 15) is 24.3 Å². The maximum atomic E-state index is 14.8. The fourth-order valence-electron chi connectivity index (χ4n) is 5.32. The number of hydrogen-bond donors (Lipinski definition) is 2. The normalized spacial score (nSPS) is 17.0. The molecule has 1 heterocycles. The first-order valence-corrected chi connectivity index (χ1v) is 14.6. The molecule has 0 bridgehead atoms. The molecule has 0 saturated heterocycles. The summed E-state index contributed by atoms with van der Waals surface area (Å²) in [5.74, 6) is -2.60. The van der Waals surface area contributed by atoms with Crippen molar-refractivity contribution in [2.75, 3.05) is 27.9 Å². The molecular formula is C33H43N3O9. The number of carbonyl (C=O) groups is 4. The van der Waals surface area contributed by atoms with Gasteiger partial charge in [-0.25, -0.2) is 4.79 Å². The van der Waals surface area contributed by atoms with Crippen molar-refractivity contribution in [3.63, 3.8) is 0 Å². The van der Waals surface area contributed by atoms with Crippen LogP contribution in [0.4, 0.5) is 0 Å². The van der Waals surface area contributed by atoms with Crippen LogP contribution in [0.25, 0.3) is 5.70 Å². The summed E-state index contributed by atoms with van der Waals surface area (Å²) in [5.41, 5.74) is -1.50. The fraction of sp³-hybridized carbons (Fsp3) is 0.455. The Labute approximate surface area is 263 Å². The largest absolute Gasteiger partial charge is 0.493 e. The maximum Gasteiger partial charge on any atom is 0.362 e. The molecule has 1 aliphatic rings. The molecule has 45 heavy (non-hydrogen) atoms. The average Bonchev–Trinajstić information content (AvgIpc) is 2.98. The van der Waals surface area contributed by atoms with Crippen molar-refractivity contribution in [2.45, 2.75) is 65.0 Å². The van der Waals surface area contributed by atoms with E-state index in [2.05, 4.69) is 5.32 Å². The summed E-state index contributed by atoms with van der Waals surface area (Å²) in [5, 5.41) is 14.6. The standard InChI is InChI=1S/C33H43N3O9/c1-20(2)30-31(39)36(25(18-35(30)29(38)19-42-6)24-14-15-26(43-7)27(17-24)44-8)28(16-23-12-10-9-11-13-23)33(41,34-22(5)37)32(40)45-21(3)4/h9-15,17-18,20-21,28,30,41H,16,19H2,1-8H3,(H,34,37)/t28-,30?,33?/m0/s1. The van der Waals surface area contributed by atoms with Gasteiger partial charge in [-0.1, -0.05) is 44.2 Å². The van der Waals surface area contributed by atoms with E-state index in [1.807, 2.05) is 0 Å². The molecule has 0 aliphatic carbocycles. The molecule has 0 fully saturated rings. The van der Waals surface area contributed by atoms with Crippen molar-refractivity contribution in [1.29, 1.82) is 0 Å². The van der Waals surface area contributed by atoms with Gasteiger partial charge in [0.05, 0.1) is 26.0 Å². The number of hydrogen-bond acceptors (Lipinski definition) is 9. The summed E-state index contributed by atoms with van der Waals surface area (Å²) in [6.07, 6.45) is 0.755. The zero-order chi connectivity index (χ0) is 33.5. The van der Waals surface area contributed by atoms with Gasteiger partial charge in [0.25, 0.3) is 17.5 Å². The van der Waals surface area contributed by atoms with Gasteiger partial charge in [-0.15, -0.1) is 0 Å². The van der Waals surface area contributed by atoms with Crippen molar-refractivity contribution < 1.29 is 43.2 Å². The van der Waals surface area contributed by atoms with Gasteiger partial charge >= 0.3 is 5.97 Å². The first-order valence-electron chi connectivity index (χ1n) is 14.6. The molecule has 1 aliphatic heterocycles.